The number of phenolic OH excluding ortho intramolecular Hbond substituents is 1. The Morgan fingerprint density at radius 3 is 2.67 bits per heavy atom. The number of hydrogen-bond acceptors (Lipinski definition) is 5. The molecule has 0 aliphatic carbocycles. The smallest absolute Gasteiger partial charge is 0.305 e. The van der Waals surface area contributed by atoms with Gasteiger partial charge in [0.25, 0.3) is 0 Å². The number of nitrogens with zero attached hydrogens (tertiary/aromatic N) is 2. The fraction of sp³-hybridized carbons (Fsp3) is 0.174. The minimum atomic E-state index is -0.896. The number of carbonyl (C=O) groups is 1. The SMILES string of the molecule is C=Cc1cc(O)cc(-c2cc3nc(NCCC(=O)O)nc(C)c3cc2Cl)c1/C=C\C. The van der Waals surface area contributed by atoms with E-state index in [1.165, 1.54) is 0 Å². The van der Waals surface area contributed by atoms with Crippen LogP contribution in [-0.2, 0) is 4.79 Å². The van der Waals surface area contributed by atoms with Crippen molar-refractivity contribution in [2.75, 3.05) is 11.9 Å². The fourth-order valence-corrected chi connectivity index (χ4v) is 3.54. The van der Waals surface area contributed by atoms with E-state index in [4.69, 9.17) is 16.7 Å². The molecule has 30 heavy (non-hydrogen) atoms. The zero-order valence-electron chi connectivity index (χ0n) is 16.7. The van der Waals surface area contributed by atoms with Gasteiger partial charge in [-0.1, -0.05) is 36.4 Å². The van der Waals surface area contributed by atoms with Crippen molar-refractivity contribution in [3.8, 4) is 16.9 Å². The van der Waals surface area contributed by atoms with Crippen molar-refractivity contribution in [3.63, 3.8) is 0 Å². The average molecular weight is 424 g/mol. The second-order valence-electron chi connectivity index (χ2n) is 6.75. The first-order chi connectivity index (χ1) is 14.3. The number of nitrogens with one attached hydrogen (secondary N) is 1. The molecule has 6 nitrogen and oxygen atoms in total. The molecule has 0 unspecified atom stereocenters. The third-order valence-electron chi connectivity index (χ3n) is 4.64. The Morgan fingerprint density at radius 2 is 2.00 bits per heavy atom. The summed E-state index contributed by atoms with van der Waals surface area (Å²) in [5.41, 5.74) is 4.53. The average Bonchev–Trinajstić information content (AvgIpc) is 2.69. The van der Waals surface area contributed by atoms with E-state index in [-0.39, 0.29) is 18.7 Å². The van der Waals surface area contributed by atoms with Crippen LogP contribution in [0.5, 0.6) is 5.75 Å². The van der Waals surface area contributed by atoms with Crippen LogP contribution in [-0.4, -0.2) is 32.7 Å². The third kappa shape index (κ3) is 4.44. The third-order valence-corrected chi connectivity index (χ3v) is 4.95. The molecule has 0 fully saturated rings. The molecule has 0 aliphatic heterocycles. The number of carboxylic acids is 1. The van der Waals surface area contributed by atoms with Crippen molar-refractivity contribution in [2.45, 2.75) is 20.3 Å². The number of benzene rings is 2. The molecule has 0 amide bonds. The zero-order chi connectivity index (χ0) is 21.8. The molecule has 3 N–H and O–H groups in total. The number of aromatic nitrogens is 2. The van der Waals surface area contributed by atoms with E-state index < -0.39 is 5.97 Å². The van der Waals surface area contributed by atoms with Crippen molar-refractivity contribution < 1.29 is 15.0 Å². The van der Waals surface area contributed by atoms with Crippen LogP contribution < -0.4 is 5.32 Å². The van der Waals surface area contributed by atoms with E-state index in [2.05, 4.69) is 21.9 Å². The minimum absolute atomic E-state index is 0.0351. The quantitative estimate of drug-likeness (QED) is 0.462. The number of halogens is 1. The molecule has 3 rings (SSSR count). The van der Waals surface area contributed by atoms with Crippen LogP contribution in [0.1, 0.15) is 30.2 Å². The summed E-state index contributed by atoms with van der Waals surface area (Å²) in [7, 11) is 0. The molecule has 154 valence electrons. The highest BCUT2D eigenvalue weighted by Crippen LogP contribution is 2.38. The van der Waals surface area contributed by atoms with Gasteiger partial charge in [0.05, 0.1) is 17.6 Å². The number of carboxylic acid groups (broad SMARTS) is 1. The van der Waals surface area contributed by atoms with Gasteiger partial charge in [0.2, 0.25) is 5.95 Å². The van der Waals surface area contributed by atoms with Crippen LogP contribution in [0.4, 0.5) is 5.95 Å². The lowest BCUT2D eigenvalue weighted by Crippen LogP contribution is -2.10. The molecule has 0 saturated carbocycles. The summed E-state index contributed by atoms with van der Waals surface area (Å²) in [4.78, 5) is 19.7. The molecular weight excluding hydrogens is 402 g/mol. The fourth-order valence-electron chi connectivity index (χ4n) is 3.27. The highest BCUT2D eigenvalue weighted by molar-refractivity contribution is 6.34. The molecule has 0 spiro atoms. The Morgan fingerprint density at radius 1 is 1.23 bits per heavy atom. The number of aryl methyl sites for hydroxylation is 1. The number of allylic oxidation sites excluding steroid dienone is 1. The van der Waals surface area contributed by atoms with Gasteiger partial charge < -0.3 is 15.5 Å². The number of phenols is 1. The first kappa shape index (κ1) is 21.3. The Labute approximate surface area is 179 Å². The van der Waals surface area contributed by atoms with Gasteiger partial charge in [-0.25, -0.2) is 9.97 Å². The summed E-state index contributed by atoms with van der Waals surface area (Å²) in [6, 6.07) is 6.97. The Hall–Kier alpha value is -3.38. The number of aliphatic carboxylic acids is 1. The Balaban J connectivity index is 2.18. The van der Waals surface area contributed by atoms with Crippen LogP contribution in [0.3, 0.4) is 0 Å². The summed E-state index contributed by atoms with van der Waals surface area (Å²) in [6.45, 7) is 7.82. The summed E-state index contributed by atoms with van der Waals surface area (Å²) in [5.74, 6) is -0.433. The second kappa shape index (κ2) is 8.97. The lowest BCUT2D eigenvalue weighted by Gasteiger charge is -2.14. The molecule has 0 aliphatic rings. The monoisotopic (exact) mass is 423 g/mol. The van der Waals surface area contributed by atoms with Gasteiger partial charge in [-0.2, -0.15) is 0 Å². The molecule has 7 heteroatoms. The summed E-state index contributed by atoms with van der Waals surface area (Å²) >= 11 is 6.62. The predicted octanol–water partition coefficient (Wildman–Crippen LogP) is 5.53. The van der Waals surface area contributed by atoms with E-state index >= 15 is 0 Å². The molecular formula is C23H22ClN3O3. The van der Waals surface area contributed by atoms with E-state index in [0.29, 0.717) is 22.1 Å². The van der Waals surface area contributed by atoms with Gasteiger partial charge >= 0.3 is 5.97 Å². The molecule has 0 bridgehead atoms. The highest BCUT2D eigenvalue weighted by atomic mass is 35.5. The highest BCUT2D eigenvalue weighted by Gasteiger charge is 2.15. The summed E-state index contributed by atoms with van der Waals surface area (Å²) in [6.07, 6.45) is 5.50. The molecule has 1 heterocycles. The zero-order valence-corrected chi connectivity index (χ0v) is 17.5. The normalized spacial score (nSPS) is 11.2. The molecule has 1 aromatic heterocycles. The van der Waals surface area contributed by atoms with Gasteiger partial charge in [-0.15, -0.1) is 0 Å². The molecule has 0 radical (unpaired) electrons. The molecule has 2 aromatic carbocycles. The number of hydrogen-bond donors (Lipinski definition) is 3. The predicted molar refractivity (Wildman–Crippen MR) is 122 cm³/mol. The largest absolute Gasteiger partial charge is 0.508 e. The van der Waals surface area contributed by atoms with Gasteiger partial charge in [0.15, 0.2) is 0 Å². The Kier molecular flexibility index (Phi) is 6.37. The standard InChI is InChI=1S/C23H22ClN3O3/c1-4-6-16-14(5-2)9-15(28)10-18(16)19-12-21-17(11-20(19)24)13(3)26-23(27-21)25-8-7-22(29)30/h4-6,9-12,28H,2,7-8H2,1,3H3,(H,29,30)(H,25,26,27)/b6-4-. The van der Waals surface area contributed by atoms with Crippen LogP contribution in [0, 0.1) is 6.92 Å². The van der Waals surface area contributed by atoms with Gasteiger partial charge in [0.1, 0.15) is 5.75 Å². The maximum absolute atomic E-state index is 10.7. The van der Waals surface area contributed by atoms with E-state index in [1.54, 1.807) is 24.3 Å². The van der Waals surface area contributed by atoms with Gasteiger partial charge in [-0.3, -0.25) is 4.79 Å². The van der Waals surface area contributed by atoms with Crippen LogP contribution in [0.2, 0.25) is 5.02 Å². The molecule has 0 atom stereocenters. The lowest BCUT2D eigenvalue weighted by atomic mass is 9.93. The van der Waals surface area contributed by atoms with Crippen molar-refractivity contribution in [3.05, 3.63) is 58.8 Å². The number of fused-ring (bicyclic) bond motifs is 1. The van der Waals surface area contributed by atoms with E-state index in [1.807, 2.05) is 32.1 Å². The number of anilines is 1. The summed E-state index contributed by atoms with van der Waals surface area (Å²) < 4.78 is 0. The first-order valence-corrected chi connectivity index (χ1v) is 9.78. The first-order valence-electron chi connectivity index (χ1n) is 9.40. The van der Waals surface area contributed by atoms with E-state index in [0.717, 1.165) is 27.8 Å². The lowest BCUT2D eigenvalue weighted by molar-refractivity contribution is -0.136. The number of aromatic hydroxyl groups is 1. The maximum atomic E-state index is 10.7. The van der Waals surface area contributed by atoms with E-state index in [9.17, 15) is 9.90 Å². The topological polar surface area (TPSA) is 95.3 Å². The molecule has 3 aromatic rings. The molecule has 0 saturated heterocycles. The van der Waals surface area contributed by atoms with Crippen molar-refractivity contribution in [2.24, 2.45) is 0 Å². The summed E-state index contributed by atoms with van der Waals surface area (Å²) in [5, 5.41) is 23.3. The van der Waals surface area contributed by atoms with Gasteiger partial charge in [0, 0.05) is 22.5 Å². The van der Waals surface area contributed by atoms with Crippen LogP contribution >= 0.6 is 11.6 Å². The van der Waals surface area contributed by atoms with Crippen molar-refractivity contribution in [1.29, 1.82) is 0 Å². The second-order valence-corrected chi connectivity index (χ2v) is 7.16. The Bertz CT molecular complexity index is 1170. The maximum Gasteiger partial charge on any atom is 0.305 e. The van der Waals surface area contributed by atoms with Crippen molar-refractivity contribution in [1.82, 2.24) is 9.97 Å². The van der Waals surface area contributed by atoms with Crippen molar-refractivity contribution >= 4 is 46.6 Å². The van der Waals surface area contributed by atoms with Gasteiger partial charge in [-0.05, 0) is 54.8 Å². The van der Waals surface area contributed by atoms with Crippen LogP contribution in [0.25, 0.3) is 34.2 Å². The van der Waals surface area contributed by atoms with Crippen LogP contribution in [0.15, 0.2) is 36.9 Å². The number of rotatable bonds is 7. The minimum Gasteiger partial charge on any atom is -0.508 e.